The van der Waals surface area contributed by atoms with Crippen molar-refractivity contribution in [3.63, 3.8) is 0 Å². The van der Waals surface area contributed by atoms with Crippen molar-refractivity contribution in [1.29, 1.82) is 0 Å². The average Bonchev–Trinajstić information content (AvgIpc) is 2.98. The summed E-state index contributed by atoms with van der Waals surface area (Å²) in [5.74, 6) is 4.96. The molecule has 0 aromatic carbocycles. The molecule has 0 spiro atoms. The zero-order chi connectivity index (χ0) is 22.6. The van der Waals surface area contributed by atoms with E-state index in [0.29, 0.717) is 0 Å². The number of allylic oxidation sites excluding steroid dienone is 2. The number of amides is 2. The minimum Gasteiger partial charge on any atom is -0.324 e. The molecular weight excluding hydrogens is 408 g/mol. The summed E-state index contributed by atoms with van der Waals surface area (Å²) in [5, 5.41) is 6.72. The van der Waals surface area contributed by atoms with Gasteiger partial charge in [-0.1, -0.05) is 13.8 Å². The molecule has 0 unspecified atom stereocenters. The Bertz CT molecular complexity index is 824. The van der Waals surface area contributed by atoms with Gasteiger partial charge in [0.1, 0.15) is 0 Å². The SMILES string of the molecule is CC1(C)C=C(NC(=O)C23CC4CC(CC(C4)C2)C3)C(NC(=O)C23CC4CC(CC(C4)C2)C3)=C1. The van der Waals surface area contributed by atoms with Gasteiger partial charge in [-0.25, -0.2) is 0 Å². The van der Waals surface area contributed by atoms with Crippen LogP contribution in [0.3, 0.4) is 0 Å². The highest BCUT2D eigenvalue weighted by Crippen LogP contribution is 2.61. The zero-order valence-corrected chi connectivity index (χ0v) is 20.4. The lowest BCUT2D eigenvalue weighted by molar-refractivity contribution is -0.146. The molecule has 8 fully saturated rings. The molecule has 0 saturated heterocycles. The third kappa shape index (κ3) is 3.29. The van der Waals surface area contributed by atoms with Gasteiger partial charge in [0.2, 0.25) is 11.8 Å². The van der Waals surface area contributed by atoms with E-state index < -0.39 is 0 Å². The third-order valence-electron chi connectivity index (χ3n) is 10.9. The van der Waals surface area contributed by atoms with Crippen LogP contribution >= 0.6 is 0 Å². The summed E-state index contributed by atoms with van der Waals surface area (Å²) >= 11 is 0. The molecule has 0 radical (unpaired) electrons. The Labute approximate surface area is 198 Å². The standard InChI is InChI=1S/C29H40N2O2/c1-27(2)15-23(30-25(32)28-9-17-3-18(10-28)5-19(4-17)11-28)24(16-27)31-26(33)29-12-20-6-21(13-29)8-22(7-20)14-29/h15-22H,3-14H2,1-2H3,(H,30,32)(H,31,33). The van der Waals surface area contributed by atoms with Gasteiger partial charge in [0.25, 0.3) is 0 Å². The minimum atomic E-state index is -0.169. The van der Waals surface area contributed by atoms with Gasteiger partial charge in [-0.05, 0) is 125 Å². The number of rotatable bonds is 4. The Kier molecular flexibility index (Phi) is 4.25. The Hall–Kier alpha value is -1.58. The van der Waals surface area contributed by atoms with Crippen molar-refractivity contribution in [2.45, 2.75) is 90.9 Å². The van der Waals surface area contributed by atoms with E-state index in [1.165, 1.54) is 38.5 Å². The molecule has 9 rings (SSSR count). The molecule has 9 aliphatic rings. The molecule has 0 aromatic heterocycles. The molecule has 0 heterocycles. The molecule has 0 atom stereocenters. The van der Waals surface area contributed by atoms with Crippen molar-refractivity contribution in [3.8, 4) is 0 Å². The molecule has 4 nitrogen and oxygen atoms in total. The topological polar surface area (TPSA) is 58.2 Å². The molecule has 178 valence electrons. The van der Waals surface area contributed by atoms with Crippen LogP contribution in [-0.4, -0.2) is 11.8 Å². The second-order valence-corrected chi connectivity index (χ2v) is 14.2. The molecule has 8 bridgehead atoms. The van der Waals surface area contributed by atoms with Crippen LogP contribution in [0.1, 0.15) is 90.9 Å². The van der Waals surface area contributed by atoms with Gasteiger partial charge in [0, 0.05) is 5.41 Å². The second-order valence-electron chi connectivity index (χ2n) is 14.2. The number of carbonyl (C=O) groups excluding carboxylic acids is 2. The minimum absolute atomic E-state index is 0.159. The number of hydrogen-bond donors (Lipinski definition) is 2. The predicted molar refractivity (Wildman–Crippen MR) is 127 cm³/mol. The van der Waals surface area contributed by atoms with Crippen LogP contribution in [-0.2, 0) is 9.59 Å². The van der Waals surface area contributed by atoms with Crippen molar-refractivity contribution in [1.82, 2.24) is 10.6 Å². The highest BCUT2D eigenvalue weighted by molar-refractivity contribution is 5.88. The van der Waals surface area contributed by atoms with Crippen LogP contribution in [0.25, 0.3) is 0 Å². The van der Waals surface area contributed by atoms with E-state index in [1.807, 2.05) is 0 Å². The van der Waals surface area contributed by atoms with Crippen molar-refractivity contribution in [2.75, 3.05) is 0 Å². The molecular formula is C29H40N2O2. The summed E-state index contributed by atoms with van der Waals surface area (Å²) in [6.07, 6.45) is 18.8. The quantitative estimate of drug-likeness (QED) is 0.600. The molecule has 0 aromatic rings. The lowest BCUT2D eigenvalue weighted by Crippen LogP contribution is -2.54. The Morgan fingerprint density at radius 3 is 1.15 bits per heavy atom. The average molecular weight is 449 g/mol. The van der Waals surface area contributed by atoms with Gasteiger partial charge in [-0.15, -0.1) is 0 Å². The van der Waals surface area contributed by atoms with Crippen LogP contribution in [0.4, 0.5) is 0 Å². The van der Waals surface area contributed by atoms with Gasteiger partial charge in [0.05, 0.1) is 22.2 Å². The molecule has 9 aliphatic carbocycles. The van der Waals surface area contributed by atoms with E-state index in [4.69, 9.17) is 0 Å². The maximum absolute atomic E-state index is 13.7. The maximum atomic E-state index is 13.7. The first-order valence-electron chi connectivity index (χ1n) is 13.8. The molecule has 2 N–H and O–H groups in total. The van der Waals surface area contributed by atoms with Gasteiger partial charge >= 0.3 is 0 Å². The summed E-state index contributed by atoms with van der Waals surface area (Å²) < 4.78 is 0. The second kappa shape index (κ2) is 6.76. The van der Waals surface area contributed by atoms with E-state index in [2.05, 4.69) is 36.6 Å². The fourth-order valence-electron chi connectivity index (χ4n) is 10.4. The monoisotopic (exact) mass is 448 g/mol. The van der Waals surface area contributed by atoms with Crippen LogP contribution < -0.4 is 10.6 Å². The summed E-state index contributed by atoms with van der Waals surface area (Å²) in [6, 6.07) is 0. The first-order valence-corrected chi connectivity index (χ1v) is 13.8. The fraction of sp³-hybridized carbons (Fsp3) is 0.793. The Balaban J connectivity index is 1.10. The normalized spacial score (nSPS) is 47.9. The van der Waals surface area contributed by atoms with Crippen molar-refractivity contribution >= 4 is 11.8 Å². The van der Waals surface area contributed by atoms with Crippen LogP contribution in [0, 0.1) is 51.8 Å². The lowest BCUT2D eigenvalue weighted by atomic mass is 9.49. The highest BCUT2D eigenvalue weighted by atomic mass is 16.2. The lowest BCUT2D eigenvalue weighted by Gasteiger charge is -2.56. The maximum Gasteiger partial charge on any atom is 0.230 e. The predicted octanol–water partition coefficient (Wildman–Crippen LogP) is 5.46. The van der Waals surface area contributed by atoms with E-state index in [9.17, 15) is 9.59 Å². The van der Waals surface area contributed by atoms with Crippen LogP contribution in [0.5, 0.6) is 0 Å². The van der Waals surface area contributed by atoms with Gasteiger partial charge in [-0.2, -0.15) is 0 Å². The largest absolute Gasteiger partial charge is 0.324 e. The highest BCUT2D eigenvalue weighted by Gasteiger charge is 2.56. The number of carbonyl (C=O) groups is 2. The fourth-order valence-corrected chi connectivity index (χ4v) is 10.4. The van der Waals surface area contributed by atoms with E-state index >= 15 is 0 Å². The van der Waals surface area contributed by atoms with Crippen molar-refractivity contribution in [3.05, 3.63) is 23.5 Å². The Morgan fingerprint density at radius 2 is 0.879 bits per heavy atom. The summed E-state index contributed by atoms with van der Waals surface area (Å²) in [4.78, 5) is 27.4. The van der Waals surface area contributed by atoms with E-state index in [0.717, 1.165) is 85.4 Å². The third-order valence-corrected chi connectivity index (χ3v) is 10.9. The zero-order valence-electron chi connectivity index (χ0n) is 20.4. The summed E-state index contributed by atoms with van der Waals surface area (Å²) in [6.45, 7) is 4.32. The Morgan fingerprint density at radius 1 is 0.606 bits per heavy atom. The summed E-state index contributed by atoms with van der Waals surface area (Å²) in [7, 11) is 0. The summed E-state index contributed by atoms with van der Waals surface area (Å²) in [5.41, 5.74) is 1.20. The van der Waals surface area contributed by atoms with E-state index in [-0.39, 0.29) is 28.1 Å². The smallest absolute Gasteiger partial charge is 0.230 e. The van der Waals surface area contributed by atoms with Crippen molar-refractivity contribution in [2.24, 2.45) is 51.8 Å². The van der Waals surface area contributed by atoms with Crippen LogP contribution in [0.2, 0.25) is 0 Å². The first kappa shape index (κ1) is 20.8. The molecule has 4 heteroatoms. The molecule has 33 heavy (non-hydrogen) atoms. The van der Waals surface area contributed by atoms with Gasteiger partial charge < -0.3 is 10.6 Å². The van der Waals surface area contributed by atoms with Gasteiger partial charge in [-0.3, -0.25) is 9.59 Å². The molecule has 8 saturated carbocycles. The van der Waals surface area contributed by atoms with E-state index in [1.54, 1.807) is 0 Å². The number of nitrogens with one attached hydrogen (secondary N) is 2. The molecule has 2 amide bonds. The van der Waals surface area contributed by atoms with Crippen LogP contribution in [0.15, 0.2) is 23.5 Å². The van der Waals surface area contributed by atoms with Gasteiger partial charge in [0.15, 0.2) is 0 Å². The number of hydrogen-bond acceptors (Lipinski definition) is 2. The van der Waals surface area contributed by atoms with Crippen molar-refractivity contribution < 1.29 is 9.59 Å². The first-order chi connectivity index (χ1) is 15.7. The molecule has 0 aliphatic heterocycles.